The second kappa shape index (κ2) is 6.21. The van der Waals surface area contributed by atoms with E-state index in [4.69, 9.17) is 4.74 Å². The van der Waals surface area contributed by atoms with Crippen molar-refractivity contribution >= 4 is 43.7 Å². The molecule has 0 bridgehead atoms. The first kappa shape index (κ1) is 14.3. The Morgan fingerprint density at radius 1 is 1.47 bits per heavy atom. The Hall–Kier alpha value is -0.810. The van der Waals surface area contributed by atoms with Gasteiger partial charge in [0.2, 0.25) is 0 Å². The molecule has 0 amide bonds. The van der Waals surface area contributed by atoms with Crippen molar-refractivity contribution in [1.29, 1.82) is 0 Å². The molecule has 17 heavy (non-hydrogen) atoms. The number of hydrogen-bond acceptors (Lipinski definition) is 3. The molecule has 1 N–H and O–H groups in total. The number of carbonyl (C=O) groups excluding carboxylic acids is 1. The number of rotatable bonds is 4. The molecule has 3 nitrogen and oxygen atoms in total. The molecule has 0 saturated carbocycles. The van der Waals surface area contributed by atoms with Crippen molar-refractivity contribution in [3.05, 3.63) is 26.7 Å². The van der Waals surface area contributed by atoms with Gasteiger partial charge in [0.25, 0.3) is 0 Å². The molecule has 92 valence electrons. The number of ketones is 1. The Morgan fingerprint density at radius 3 is 2.65 bits per heavy atom. The summed E-state index contributed by atoms with van der Waals surface area (Å²) >= 11 is 6.60. The van der Waals surface area contributed by atoms with E-state index in [9.17, 15) is 9.90 Å². The fourth-order valence-electron chi connectivity index (χ4n) is 1.21. The average molecular weight is 364 g/mol. The van der Waals surface area contributed by atoms with Crippen LogP contribution < -0.4 is 4.74 Å². The van der Waals surface area contributed by atoms with Gasteiger partial charge in [-0.25, -0.2) is 0 Å². The molecule has 0 atom stereocenters. The Morgan fingerprint density at radius 2 is 2.12 bits per heavy atom. The maximum atomic E-state index is 10.9. The molecular weight excluding hydrogens is 352 g/mol. The van der Waals surface area contributed by atoms with Crippen molar-refractivity contribution in [2.45, 2.75) is 13.8 Å². The molecule has 5 heteroatoms. The number of halogens is 2. The number of allylic oxidation sites excluding steroid dienone is 1. The molecule has 0 saturated heterocycles. The maximum absolute atomic E-state index is 10.9. The first-order valence-electron chi connectivity index (χ1n) is 4.99. The maximum Gasteiger partial charge on any atom is 0.173 e. The zero-order valence-electron chi connectivity index (χ0n) is 9.46. The lowest BCUT2D eigenvalue weighted by atomic mass is 10.1. The fraction of sp³-hybridized carbons (Fsp3) is 0.250. The fourth-order valence-corrected chi connectivity index (χ4v) is 2.06. The van der Waals surface area contributed by atoms with Gasteiger partial charge in [-0.3, -0.25) is 4.79 Å². The predicted molar refractivity (Wildman–Crippen MR) is 74.4 cm³/mol. The van der Waals surface area contributed by atoms with Crippen LogP contribution in [-0.2, 0) is 4.79 Å². The van der Waals surface area contributed by atoms with Crippen LogP contribution in [0.5, 0.6) is 11.5 Å². The lowest BCUT2D eigenvalue weighted by Crippen LogP contribution is -1.94. The molecule has 0 aliphatic heterocycles. The highest BCUT2D eigenvalue weighted by Gasteiger charge is 2.13. The van der Waals surface area contributed by atoms with Gasteiger partial charge in [-0.2, -0.15) is 0 Å². The van der Waals surface area contributed by atoms with Gasteiger partial charge in [0.15, 0.2) is 17.3 Å². The van der Waals surface area contributed by atoms with Gasteiger partial charge in [-0.1, -0.05) is 6.08 Å². The Balaban J connectivity index is 3.26. The third-order valence-electron chi connectivity index (χ3n) is 1.97. The monoisotopic (exact) mass is 362 g/mol. The molecular formula is C12H12Br2O3. The van der Waals surface area contributed by atoms with E-state index in [0.717, 1.165) is 5.56 Å². The van der Waals surface area contributed by atoms with Gasteiger partial charge in [-0.05, 0) is 63.4 Å². The molecule has 1 aromatic rings. The first-order chi connectivity index (χ1) is 7.97. The van der Waals surface area contributed by atoms with E-state index < -0.39 is 0 Å². The van der Waals surface area contributed by atoms with Crippen molar-refractivity contribution in [1.82, 2.24) is 0 Å². The molecule has 0 spiro atoms. The molecule has 0 radical (unpaired) electrons. The summed E-state index contributed by atoms with van der Waals surface area (Å²) in [5.41, 5.74) is 0.758. The Kier molecular flexibility index (Phi) is 5.21. The molecule has 0 unspecified atom stereocenters. The number of phenols is 1. The smallest absolute Gasteiger partial charge is 0.173 e. The van der Waals surface area contributed by atoms with Crippen molar-refractivity contribution < 1.29 is 14.6 Å². The van der Waals surface area contributed by atoms with Gasteiger partial charge in [0.1, 0.15) is 0 Å². The van der Waals surface area contributed by atoms with Crippen LogP contribution in [0.15, 0.2) is 21.1 Å². The van der Waals surface area contributed by atoms with Gasteiger partial charge < -0.3 is 9.84 Å². The van der Waals surface area contributed by atoms with E-state index in [2.05, 4.69) is 31.9 Å². The summed E-state index contributed by atoms with van der Waals surface area (Å²) in [5.74, 6) is 0.378. The van der Waals surface area contributed by atoms with Crippen LogP contribution in [0.3, 0.4) is 0 Å². The summed E-state index contributed by atoms with van der Waals surface area (Å²) < 4.78 is 6.48. The number of hydrogen-bond donors (Lipinski definition) is 1. The third-order valence-corrected chi connectivity index (χ3v) is 4.13. The minimum absolute atomic E-state index is 0.0405. The summed E-state index contributed by atoms with van der Waals surface area (Å²) in [6.45, 7) is 3.77. The zero-order valence-corrected chi connectivity index (χ0v) is 12.6. The number of ether oxygens (including phenoxy) is 1. The molecule has 0 aliphatic rings. The number of phenolic OH excluding ortho intramolecular Hbond substituents is 1. The highest BCUT2D eigenvalue weighted by atomic mass is 79.9. The van der Waals surface area contributed by atoms with Crippen LogP contribution in [0.4, 0.5) is 0 Å². The second-order valence-corrected chi connectivity index (χ2v) is 4.90. The Labute approximate surface area is 117 Å². The lowest BCUT2D eigenvalue weighted by Gasteiger charge is -2.11. The summed E-state index contributed by atoms with van der Waals surface area (Å²) in [7, 11) is 0. The second-order valence-electron chi connectivity index (χ2n) is 3.32. The first-order valence-corrected chi connectivity index (χ1v) is 6.58. The quantitative estimate of drug-likeness (QED) is 0.824. The predicted octanol–water partition coefficient (Wildman–Crippen LogP) is 3.92. The van der Waals surface area contributed by atoms with Crippen LogP contribution in [0.25, 0.3) is 6.08 Å². The van der Waals surface area contributed by atoms with Gasteiger partial charge in [0, 0.05) is 4.47 Å². The Bertz CT molecular complexity index is 467. The van der Waals surface area contributed by atoms with E-state index >= 15 is 0 Å². The zero-order chi connectivity index (χ0) is 13.0. The van der Waals surface area contributed by atoms with Crippen LogP contribution in [0, 0.1) is 0 Å². The van der Waals surface area contributed by atoms with Gasteiger partial charge in [0.05, 0.1) is 11.1 Å². The molecule has 1 rings (SSSR count). The summed E-state index contributed by atoms with van der Waals surface area (Å²) in [6.07, 6.45) is 3.12. The van der Waals surface area contributed by atoms with Crippen molar-refractivity contribution in [2.75, 3.05) is 6.61 Å². The van der Waals surface area contributed by atoms with E-state index in [1.165, 1.54) is 13.0 Å². The SMILES string of the molecule is CCOc1cc(/C=C/C(C)=O)c(Br)c(Br)c1O. The standard InChI is InChI=1S/C12H12Br2O3/c1-3-17-9-6-8(5-4-7(2)15)10(13)11(14)12(9)16/h4-6,16H,3H2,1-2H3/b5-4+. The number of carbonyl (C=O) groups is 1. The van der Waals surface area contributed by atoms with Gasteiger partial charge >= 0.3 is 0 Å². The minimum Gasteiger partial charge on any atom is -0.503 e. The van der Waals surface area contributed by atoms with Crippen LogP contribution >= 0.6 is 31.9 Å². The van der Waals surface area contributed by atoms with Crippen LogP contribution in [0.1, 0.15) is 19.4 Å². The molecule has 0 aromatic heterocycles. The highest BCUT2D eigenvalue weighted by molar-refractivity contribution is 9.13. The van der Waals surface area contributed by atoms with E-state index in [1.54, 1.807) is 12.1 Å². The molecule has 0 aliphatic carbocycles. The van der Waals surface area contributed by atoms with E-state index in [0.29, 0.717) is 21.3 Å². The summed E-state index contributed by atoms with van der Waals surface area (Å²) in [4.78, 5) is 10.9. The third kappa shape index (κ3) is 3.57. The normalized spacial score (nSPS) is 10.8. The van der Waals surface area contributed by atoms with Crippen LogP contribution in [-0.4, -0.2) is 17.5 Å². The highest BCUT2D eigenvalue weighted by Crippen LogP contribution is 2.42. The summed E-state index contributed by atoms with van der Waals surface area (Å²) in [5, 5.41) is 9.82. The van der Waals surface area contributed by atoms with Crippen molar-refractivity contribution in [3.8, 4) is 11.5 Å². The van der Waals surface area contributed by atoms with Crippen molar-refractivity contribution in [3.63, 3.8) is 0 Å². The molecule has 0 fully saturated rings. The molecule has 1 aromatic carbocycles. The average Bonchev–Trinajstić information content (AvgIpc) is 2.28. The van der Waals surface area contributed by atoms with Crippen molar-refractivity contribution in [2.24, 2.45) is 0 Å². The number of benzene rings is 1. The van der Waals surface area contributed by atoms with Crippen LogP contribution in [0.2, 0.25) is 0 Å². The minimum atomic E-state index is -0.0425. The topological polar surface area (TPSA) is 46.5 Å². The van der Waals surface area contributed by atoms with E-state index in [-0.39, 0.29) is 11.5 Å². The number of aromatic hydroxyl groups is 1. The van der Waals surface area contributed by atoms with Gasteiger partial charge in [-0.15, -0.1) is 0 Å². The largest absolute Gasteiger partial charge is 0.503 e. The summed E-state index contributed by atoms with van der Waals surface area (Å²) in [6, 6.07) is 1.67. The lowest BCUT2D eigenvalue weighted by molar-refractivity contribution is -0.112. The van der Waals surface area contributed by atoms with E-state index in [1.807, 2.05) is 6.92 Å². The molecule has 0 heterocycles.